The zero-order valence-electron chi connectivity index (χ0n) is 6.55. The van der Waals surface area contributed by atoms with Crippen molar-refractivity contribution < 1.29 is 4.79 Å². The Labute approximate surface area is 66.8 Å². The Bertz CT molecular complexity index is 235. The molecule has 2 rings (SSSR count). The normalized spacial score (nSPS) is 28.9. The van der Waals surface area contributed by atoms with Gasteiger partial charge in [-0.25, -0.2) is 0 Å². The van der Waals surface area contributed by atoms with Gasteiger partial charge in [0.15, 0.2) is 0 Å². The van der Waals surface area contributed by atoms with Gasteiger partial charge in [-0.3, -0.25) is 4.79 Å². The van der Waals surface area contributed by atoms with Crippen LogP contribution in [0.2, 0.25) is 0 Å². The van der Waals surface area contributed by atoms with Crippen LogP contribution in [0.15, 0.2) is 23.3 Å². The number of fused-ring (bicyclic) bond motifs is 1. The fraction of sp³-hybridized carbons (Fsp3) is 0.500. The summed E-state index contributed by atoms with van der Waals surface area (Å²) in [7, 11) is 0. The van der Waals surface area contributed by atoms with Gasteiger partial charge in [0.2, 0.25) is 0 Å². The molecule has 1 unspecified atom stereocenters. The predicted molar refractivity (Wildman–Crippen MR) is 44.2 cm³/mol. The summed E-state index contributed by atoms with van der Waals surface area (Å²) in [5.41, 5.74) is 2.40. The maximum Gasteiger partial charge on any atom is 0.149 e. The number of allylic oxidation sites excluding steroid dienone is 4. The zero-order chi connectivity index (χ0) is 7.68. The van der Waals surface area contributed by atoms with Crippen molar-refractivity contribution >= 4 is 6.29 Å². The van der Waals surface area contributed by atoms with E-state index < -0.39 is 0 Å². The largest absolute Gasteiger partial charge is 0.298 e. The van der Waals surface area contributed by atoms with Gasteiger partial charge < -0.3 is 0 Å². The van der Waals surface area contributed by atoms with Gasteiger partial charge in [-0.15, -0.1) is 0 Å². The van der Waals surface area contributed by atoms with Crippen molar-refractivity contribution in [3.63, 3.8) is 0 Å². The number of carbonyl (C=O) groups is 1. The fourth-order valence-electron chi connectivity index (χ4n) is 2.03. The first-order chi connectivity index (χ1) is 5.40. The number of aldehydes is 1. The molecule has 1 fully saturated rings. The van der Waals surface area contributed by atoms with Gasteiger partial charge in [0.05, 0.1) is 0 Å². The van der Waals surface area contributed by atoms with E-state index in [1.54, 1.807) is 0 Å². The molecule has 2 aliphatic carbocycles. The minimum atomic E-state index is 0.777. The summed E-state index contributed by atoms with van der Waals surface area (Å²) in [6.45, 7) is 0. The SMILES string of the molecule is O=CC1=CCC2CCCC2=C1. The number of hydrogen-bond acceptors (Lipinski definition) is 1. The lowest BCUT2D eigenvalue weighted by molar-refractivity contribution is -0.104. The van der Waals surface area contributed by atoms with Crippen molar-refractivity contribution in [3.05, 3.63) is 23.3 Å². The van der Waals surface area contributed by atoms with Gasteiger partial charge >= 0.3 is 0 Å². The van der Waals surface area contributed by atoms with Crippen LogP contribution in [-0.4, -0.2) is 6.29 Å². The number of hydrogen-bond donors (Lipinski definition) is 0. The van der Waals surface area contributed by atoms with Crippen molar-refractivity contribution in [1.82, 2.24) is 0 Å². The van der Waals surface area contributed by atoms with E-state index >= 15 is 0 Å². The first kappa shape index (κ1) is 6.84. The Morgan fingerprint density at radius 2 is 2.45 bits per heavy atom. The number of carbonyl (C=O) groups excluding carboxylic acids is 1. The van der Waals surface area contributed by atoms with Gasteiger partial charge in [-0.05, 0) is 31.6 Å². The lowest BCUT2D eigenvalue weighted by Crippen LogP contribution is -2.01. The molecular weight excluding hydrogens is 136 g/mol. The van der Waals surface area contributed by atoms with Crippen LogP contribution in [0, 0.1) is 5.92 Å². The maximum atomic E-state index is 10.4. The molecule has 0 bridgehead atoms. The summed E-state index contributed by atoms with van der Waals surface area (Å²) >= 11 is 0. The van der Waals surface area contributed by atoms with Crippen LogP contribution in [0.25, 0.3) is 0 Å². The maximum absolute atomic E-state index is 10.4. The lowest BCUT2D eigenvalue weighted by atomic mass is 9.91. The summed E-state index contributed by atoms with van der Waals surface area (Å²) in [4.78, 5) is 10.4. The Balaban J connectivity index is 2.23. The molecular formula is C10H12O. The molecule has 0 aromatic rings. The molecule has 0 radical (unpaired) electrons. The van der Waals surface area contributed by atoms with Crippen LogP contribution in [0.5, 0.6) is 0 Å². The topological polar surface area (TPSA) is 17.1 Å². The van der Waals surface area contributed by atoms with Gasteiger partial charge in [-0.1, -0.05) is 17.7 Å². The second-order valence-corrected chi connectivity index (χ2v) is 3.37. The first-order valence-electron chi connectivity index (χ1n) is 4.26. The third-order valence-electron chi connectivity index (χ3n) is 2.67. The minimum Gasteiger partial charge on any atom is -0.298 e. The van der Waals surface area contributed by atoms with Crippen LogP contribution in [0.1, 0.15) is 25.7 Å². The summed E-state index contributed by atoms with van der Waals surface area (Å²) < 4.78 is 0. The van der Waals surface area contributed by atoms with Crippen molar-refractivity contribution in [3.8, 4) is 0 Å². The van der Waals surface area contributed by atoms with Gasteiger partial charge in [0.25, 0.3) is 0 Å². The quantitative estimate of drug-likeness (QED) is 0.521. The van der Waals surface area contributed by atoms with Crippen LogP contribution >= 0.6 is 0 Å². The molecule has 0 aliphatic heterocycles. The van der Waals surface area contributed by atoms with E-state index in [9.17, 15) is 4.79 Å². The van der Waals surface area contributed by atoms with Crippen LogP contribution in [0.3, 0.4) is 0 Å². The Hall–Kier alpha value is -0.850. The first-order valence-corrected chi connectivity index (χ1v) is 4.26. The molecule has 1 saturated carbocycles. The molecule has 1 atom stereocenters. The molecule has 11 heavy (non-hydrogen) atoms. The van der Waals surface area contributed by atoms with E-state index in [-0.39, 0.29) is 0 Å². The van der Waals surface area contributed by atoms with Crippen LogP contribution < -0.4 is 0 Å². The minimum absolute atomic E-state index is 0.777. The highest BCUT2D eigenvalue weighted by molar-refractivity contribution is 5.78. The standard InChI is InChI=1S/C10H12O/c11-7-8-4-5-9-2-1-3-10(9)6-8/h4,6-7,9H,1-3,5H2. The van der Waals surface area contributed by atoms with E-state index in [1.165, 1.54) is 24.8 Å². The Morgan fingerprint density at radius 1 is 1.55 bits per heavy atom. The molecule has 0 N–H and O–H groups in total. The van der Waals surface area contributed by atoms with E-state index in [0.29, 0.717) is 0 Å². The monoisotopic (exact) mass is 148 g/mol. The molecule has 0 spiro atoms. The molecule has 0 aromatic carbocycles. The average molecular weight is 148 g/mol. The molecule has 0 aromatic heterocycles. The highest BCUT2D eigenvalue weighted by Crippen LogP contribution is 2.36. The van der Waals surface area contributed by atoms with Crippen LogP contribution in [-0.2, 0) is 4.79 Å². The molecule has 0 heterocycles. The van der Waals surface area contributed by atoms with Crippen molar-refractivity contribution in [2.45, 2.75) is 25.7 Å². The summed E-state index contributed by atoms with van der Waals surface area (Å²) in [6, 6.07) is 0. The molecule has 58 valence electrons. The van der Waals surface area contributed by atoms with Crippen molar-refractivity contribution in [2.24, 2.45) is 5.92 Å². The van der Waals surface area contributed by atoms with E-state index in [1.807, 2.05) is 0 Å². The second kappa shape index (κ2) is 2.65. The zero-order valence-corrected chi connectivity index (χ0v) is 6.55. The van der Waals surface area contributed by atoms with Gasteiger partial charge in [0, 0.05) is 5.57 Å². The van der Waals surface area contributed by atoms with Crippen LogP contribution in [0.4, 0.5) is 0 Å². The van der Waals surface area contributed by atoms with E-state index in [4.69, 9.17) is 0 Å². The smallest absolute Gasteiger partial charge is 0.149 e. The third-order valence-corrected chi connectivity index (χ3v) is 2.67. The van der Waals surface area contributed by atoms with E-state index in [2.05, 4.69) is 12.2 Å². The molecule has 0 amide bonds. The van der Waals surface area contributed by atoms with Gasteiger partial charge in [-0.2, -0.15) is 0 Å². The average Bonchev–Trinajstić information content (AvgIpc) is 2.50. The predicted octanol–water partition coefficient (Wildman–Crippen LogP) is 2.24. The third kappa shape index (κ3) is 1.15. The van der Waals surface area contributed by atoms with E-state index in [0.717, 1.165) is 24.2 Å². The lowest BCUT2D eigenvalue weighted by Gasteiger charge is -2.13. The van der Waals surface area contributed by atoms with Gasteiger partial charge in [0.1, 0.15) is 6.29 Å². The summed E-state index contributed by atoms with van der Waals surface area (Å²) in [5.74, 6) is 0.777. The highest BCUT2D eigenvalue weighted by atomic mass is 16.1. The second-order valence-electron chi connectivity index (χ2n) is 3.37. The molecule has 2 aliphatic rings. The summed E-state index contributed by atoms with van der Waals surface area (Å²) in [6.07, 6.45) is 10.1. The fourth-order valence-corrected chi connectivity index (χ4v) is 2.03. The molecule has 1 nitrogen and oxygen atoms in total. The van der Waals surface area contributed by atoms with Crippen molar-refractivity contribution in [2.75, 3.05) is 0 Å². The molecule has 1 heteroatoms. The Morgan fingerprint density at radius 3 is 3.27 bits per heavy atom. The summed E-state index contributed by atoms with van der Waals surface area (Å²) in [5, 5.41) is 0. The number of rotatable bonds is 1. The highest BCUT2D eigenvalue weighted by Gasteiger charge is 2.22. The Kier molecular flexibility index (Phi) is 1.65. The van der Waals surface area contributed by atoms with Crippen molar-refractivity contribution in [1.29, 1.82) is 0 Å². The molecule has 0 saturated heterocycles.